The van der Waals surface area contributed by atoms with E-state index in [0.717, 1.165) is 17.8 Å². The molecule has 0 saturated carbocycles. The van der Waals surface area contributed by atoms with Crippen molar-refractivity contribution in [1.29, 1.82) is 0 Å². The Morgan fingerprint density at radius 3 is 2.25 bits per heavy atom. The van der Waals surface area contributed by atoms with E-state index in [1.165, 1.54) is 5.56 Å². The molecule has 2 aromatic carbocycles. The summed E-state index contributed by atoms with van der Waals surface area (Å²) in [6.45, 7) is 5.91. The van der Waals surface area contributed by atoms with E-state index >= 15 is 0 Å². The first-order valence-electron chi connectivity index (χ1n) is 8.44. The predicted octanol–water partition coefficient (Wildman–Crippen LogP) is 4.32. The Morgan fingerprint density at radius 2 is 1.67 bits per heavy atom. The summed E-state index contributed by atoms with van der Waals surface area (Å²) in [5.41, 5.74) is 8.21. The van der Waals surface area contributed by atoms with Crippen LogP contribution in [0.3, 0.4) is 0 Å². The molecular formula is C20H27N3O. The summed E-state index contributed by atoms with van der Waals surface area (Å²) in [6, 6.07) is 18.2. The van der Waals surface area contributed by atoms with E-state index in [-0.39, 0.29) is 11.9 Å². The molecule has 1 amide bonds. The standard InChI is InChI=1S/C20H27N3O/c1-4-14-20(3,21)19(24)23-18-12-10-17(11-13-18)22-15(2)16-8-6-5-7-9-16/h5-13,15,22H,4,14,21H2,1-3H3,(H,23,24). The molecule has 0 bridgehead atoms. The van der Waals surface area contributed by atoms with Crippen molar-refractivity contribution in [3.05, 3.63) is 60.2 Å². The lowest BCUT2D eigenvalue weighted by Crippen LogP contribution is -2.48. The summed E-state index contributed by atoms with van der Waals surface area (Å²) in [7, 11) is 0. The fourth-order valence-corrected chi connectivity index (χ4v) is 2.63. The van der Waals surface area contributed by atoms with Crippen LogP contribution in [0.1, 0.15) is 45.2 Å². The molecule has 4 nitrogen and oxygen atoms in total. The molecule has 0 saturated heterocycles. The normalized spacial score (nSPS) is 14.5. The second kappa shape index (κ2) is 7.97. The number of rotatable bonds is 7. The van der Waals surface area contributed by atoms with Crippen LogP contribution >= 0.6 is 0 Å². The Hall–Kier alpha value is -2.33. The van der Waals surface area contributed by atoms with Crippen LogP contribution in [0.2, 0.25) is 0 Å². The van der Waals surface area contributed by atoms with Crippen molar-refractivity contribution in [3.8, 4) is 0 Å². The fraction of sp³-hybridized carbons (Fsp3) is 0.350. The predicted molar refractivity (Wildman–Crippen MR) is 101 cm³/mol. The molecule has 0 aliphatic heterocycles. The Bertz CT molecular complexity index is 650. The lowest BCUT2D eigenvalue weighted by molar-refractivity contribution is -0.120. The summed E-state index contributed by atoms with van der Waals surface area (Å²) in [5, 5.41) is 6.34. The van der Waals surface area contributed by atoms with Crippen molar-refractivity contribution in [1.82, 2.24) is 0 Å². The van der Waals surface area contributed by atoms with Crippen LogP contribution in [-0.4, -0.2) is 11.4 Å². The van der Waals surface area contributed by atoms with Gasteiger partial charge in [-0.15, -0.1) is 0 Å². The third-order valence-corrected chi connectivity index (χ3v) is 4.11. The largest absolute Gasteiger partial charge is 0.379 e. The highest BCUT2D eigenvalue weighted by atomic mass is 16.2. The number of nitrogens with one attached hydrogen (secondary N) is 2. The van der Waals surface area contributed by atoms with Gasteiger partial charge in [-0.3, -0.25) is 4.79 Å². The molecule has 0 fully saturated rings. The molecule has 128 valence electrons. The maximum atomic E-state index is 12.2. The molecular weight excluding hydrogens is 298 g/mol. The van der Waals surface area contributed by atoms with E-state index in [4.69, 9.17) is 5.73 Å². The van der Waals surface area contributed by atoms with Crippen molar-refractivity contribution in [2.75, 3.05) is 10.6 Å². The Kier molecular flexibility index (Phi) is 5.99. The minimum absolute atomic E-state index is 0.150. The SMILES string of the molecule is CCCC(C)(N)C(=O)Nc1ccc(NC(C)c2ccccc2)cc1. The van der Waals surface area contributed by atoms with Gasteiger partial charge in [-0.1, -0.05) is 43.7 Å². The molecule has 0 radical (unpaired) electrons. The quantitative estimate of drug-likeness (QED) is 0.710. The van der Waals surface area contributed by atoms with E-state index in [0.29, 0.717) is 6.42 Å². The molecule has 4 N–H and O–H groups in total. The van der Waals surface area contributed by atoms with Crippen LogP contribution in [0.25, 0.3) is 0 Å². The number of hydrogen-bond acceptors (Lipinski definition) is 3. The molecule has 0 aromatic heterocycles. The van der Waals surface area contributed by atoms with Gasteiger partial charge in [0, 0.05) is 17.4 Å². The highest BCUT2D eigenvalue weighted by Gasteiger charge is 2.27. The smallest absolute Gasteiger partial charge is 0.244 e. The van der Waals surface area contributed by atoms with Gasteiger partial charge in [0.1, 0.15) is 0 Å². The molecule has 0 heterocycles. The van der Waals surface area contributed by atoms with E-state index in [1.54, 1.807) is 6.92 Å². The van der Waals surface area contributed by atoms with Crippen LogP contribution in [0.15, 0.2) is 54.6 Å². The Morgan fingerprint density at radius 1 is 1.08 bits per heavy atom. The highest BCUT2D eigenvalue weighted by Crippen LogP contribution is 2.21. The van der Waals surface area contributed by atoms with Gasteiger partial charge in [-0.2, -0.15) is 0 Å². The first-order chi connectivity index (χ1) is 11.4. The monoisotopic (exact) mass is 325 g/mol. The van der Waals surface area contributed by atoms with Crippen molar-refractivity contribution in [2.24, 2.45) is 5.73 Å². The number of carbonyl (C=O) groups excluding carboxylic acids is 1. The third kappa shape index (κ3) is 4.83. The molecule has 2 unspecified atom stereocenters. The highest BCUT2D eigenvalue weighted by molar-refractivity contribution is 5.97. The number of hydrogen-bond donors (Lipinski definition) is 3. The molecule has 0 spiro atoms. The molecule has 24 heavy (non-hydrogen) atoms. The van der Waals surface area contributed by atoms with Gasteiger partial charge in [0.2, 0.25) is 5.91 Å². The minimum atomic E-state index is -0.840. The summed E-state index contributed by atoms with van der Waals surface area (Å²) >= 11 is 0. The molecule has 2 aromatic rings. The minimum Gasteiger partial charge on any atom is -0.379 e. The van der Waals surface area contributed by atoms with Crippen LogP contribution < -0.4 is 16.4 Å². The van der Waals surface area contributed by atoms with Crippen molar-refractivity contribution >= 4 is 17.3 Å². The number of carbonyl (C=O) groups is 1. The molecule has 2 rings (SSSR count). The van der Waals surface area contributed by atoms with Crippen LogP contribution in [0.5, 0.6) is 0 Å². The van der Waals surface area contributed by atoms with Gasteiger partial charge in [0.15, 0.2) is 0 Å². The second-order valence-electron chi connectivity index (χ2n) is 6.48. The lowest BCUT2D eigenvalue weighted by Gasteiger charge is -2.23. The Balaban J connectivity index is 1.97. The van der Waals surface area contributed by atoms with Crippen LogP contribution in [-0.2, 0) is 4.79 Å². The number of amides is 1. The molecule has 0 aliphatic carbocycles. The Labute approximate surface area is 144 Å². The first-order valence-corrected chi connectivity index (χ1v) is 8.44. The van der Waals surface area contributed by atoms with Gasteiger partial charge in [-0.25, -0.2) is 0 Å². The molecule has 4 heteroatoms. The van der Waals surface area contributed by atoms with E-state index in [9.17, 15) is 4.79 Å². The fourth-order valence-electron chi connectivity index (χ4n) is 2.63. The first kappa shape index (κ1) is 18.0. The zero-order chi connectivity index (χ0) is 17.6. The summed E-state index contributed by atoms with van der Waals surface area (Å²) in [4.78, 5) is 12.2. The van der Waals surface area contributed by atoms with E-state index < -0.39 is 5.54 Å². The van der Waals surface area contributed by atoms with Crippen LogP contribution in [0.4, 0.5) is 11.4 Å². The van der Waals surface area contributed by atoms with E-state index in [1.807, 2.05) is 49.4 Å². The second-order valence-corrected chi connectivity index (χ2v) is 6.48. The van der Waals surface area contributed by atoms with Crippen molar-refractivity contribution in [3.63, 3.8) is 0 Å². The maximum Gasteiger partial charge on any atom is 0.244 e. The topological polar surface area (TPSA) is 67.2 Å². The number of benzene rings is 2. The van der Waals surface area contributed by atoms with Gasteiger partial charge < -0.3 is 16.4 Å². The average Bonchev–Trinajstić information content (AvgIpc) is 2.57. The lowest BCUT2D eigenvalue weighted by atomic mass is 9.96. The van der Waals surface area contributed by atoms with Crippen molar-refractivity contribution < 1.29 is 4.79 Å². The summed E-state index contributed by atoms with van der Waals surface area (Å²) in [5.74, 6) is -0.150. The molecule has 2 atom stereocenters. The summed E-state index contributed by atoms with van der Waals surface area (Å²) < 4.78 is 0. The van der Waals surface area contributed by atoms with Gasteiger partial charge in [0.25, 0.3) is 0 Å². The number of anilines is 2. The van der Waals surface area contributed by atoms with Gasteiger partial charge in [-0.05, 0) is 50.1 Å². The third-order valence-electron chi connectivity index (χ3n) is 4.11. The number of nitrogens with two attached hydrogens (primary N) is 1. The maximum absolute atomic E-state index is 12.2. The zero-order valence-electron chi connectivity index (χ0n) is 14.7. The zero-order valence-corrected chi connectivity index (χ0v) is 14.7. The van der Waals surface area contributed by atoms with E-state index in [2.05, 4.69) is 29.7 Å². The van der Waals surface area contributed by atoms with Crippen molar-refractivity contribution in [2.45, 2.75) is 45.2 Å². The molecule has 0 aliphatic rings. The van der Waals surface area contributed by atoms with Crippen LogP contribution in [0, 0.1) is 0 Å². The van der Waals surface area contributed by atoms with Gasteiger partial charge in [0.05, 0.1) is 5.54 Å². The summed E-state index contributed by atoms with van der Waals surface area (Å²) in [6.07, 6.45) is 1.54. The average molecular weight is 325 g/mol. The van der Waals surface area contributed by atoms with Gasteiger partial charge >= 0.3 is 0 Å².